The number of benzene rings is 1. The van der Waals surface area contributed by atoms with Gasteiger partial charge in [0.25, 0.3) is 0 Å². The second-order valence-electron chi connectivity index (χ2n) is 9.72. The van der Waals surface area contributed by atoms with Gasteiger partial charge in [-0.15, -0.1) is 0 Å². The third kappa shape index (κ3) is 4.75. The Hall–Kier alpha value is -3.06. The number of amides is 1. The van der Waals surface area contributed by atoms with Crippen LogP contribution in [0.1, 0.15) is 36.0 Å². The highest BCUT2D eigenvalue weighted by molar-refractivity contribution is 5.86. The number of rotatable bonds is 4. The summed E-state index contributed by atoms with van der Waals surface area (Å²) in [5.74, 6) is -0.118. The van der Waals surface area contributed by atoms with Crippen LogP contribution in [0.4, 0.5) is 18.9 Å². The number of carbonyl (C=O) groups is 1. The van der Waals surface area contributed by atoms with Crippen LogP contribution in [0.25, 0.3) is 0 Å². The third-order valence-electron chi connectivity index (χ3n) is 7.08. The molecule has 182 valence electrons. The number of nitriles is 1. The van der Waals surface area contributed by atoms with E-state index in [0.717, 1.165) is 44.1 Å². The van der Waals surface area contributed by atoms with Crippen molar-refractivity contribution in [3.63, 3.8) is 0 Å². The summed E-state index contributed by atoms with van der Waals surface area (Å²) in [7, 11) is 5.22. The number of aromatic nitrogens is 2. The highest BCUT2D eigenvalue weighted by atomic mass is 19.4. The van der Waals surface area contributed by atoms with Crippen LogP contribution >= 0.6 is 0 Å². The molecule has 2 aromatic rings. The van der Waals surface area contributed by atoms with Gasteiger partial charge in [-0.1, -0.05) is 0 Å². The minimum atomic E-state index is -4.64. The van der Waals surface area contributed by atoms with Gasteiger partial charge in [0.15, 0.2) is 0 Å². The van der Waals surface area contributed by atoms with Gasteiger partial charge in [-0.05, 0) is 56.0 Å². The van der Waals surface area contributed by atoms with Gasteiger partial charge in [0.1, 0.15) is 6.04 Å². The second kappa shape index (κ2) is 8.95. The molecule has 0 N–H and O–H groups in total. The Kier molecular flexibility index (Phi) is 6.34. The number of alkyl halides is 3. The average molecular weight is 475 g/mol. The Morgan fingerprint density at radius 1 is 1.29 bits per heavy atom. The van der Waals surface area contributed by atoms with Crippen molar-refractivity contribution in [2.75, 3.05) is 38.6 Å². The van der Waals surface area contributed by atoms with Crippen molar-refractivity contribution in [3.05, 3.63) is 47.3 Å². The molecule has 4 rings (SSSR count). The minimum Gasteiger partial charge on any atom is -0.359 e. The lowest BCUT2D eigenvalue weighted by Gasteiger charge is -2.39. The number of nitrogens with zero attached hydrogens (tertiary/aromatic N) is 6. The molecule has 0 aliphatic carbocycles. The maximum atomic E-state index is 13.6. The van der Waals surface area contributed by atoms with Crippen molar-refractivity contribution >= 4 is 11.6 Å². The van der Waals surface area contributed by atoms with Gasteiger partial charge in [-0.25, -0.2) is 0 Å². The summed E-state index contributed by atoms with van der Waals surface area (Å²) in [5.41, 5.74) is -0.0422. The summed E-state index contributed by atoms with van der Waals surface area (Å²) in [6.07, 6.45) is 1.54. The molecule has 10 heteroatoms. The number of likely N-dealkylation sites (N-methyl/N-ethyl adjacent to an activating group) is 1. The average Bonchev–Trinajstić information content (AvgIpc) is 3.37. The molecule has 34 heavy (non-hydrogen) atoms. The molecule has 0 radical (unpaired) electrons. The second-order valence-corrected chi connectivity index (χ2v) is 9.72. The lowest BCUT2D eigenvalue weighted by Crippen LogP contribution is -2.43. The third-order valence-corrected chi connectivity index (χ3v) is 7.08. The van der Waals surface area contributed by atoms with E-state index in [4.69, 9.17) is 5.26 Å². The van der Waals surface area contributed by atoms with E-state index < -0.39 is 23.3 Å². The van der Waals surface area contributed by atoms with Crippen LogP contribution in [0, 0.1) is 16.7 Å². The maximum absolute atomic E-state index is 13.6. The van der Waals surface area contributed by atoms with E-state index in [9.17, 15) is 18.0 Å². The summed E-state index contributed by atoms with van der Waals surface area (Å²) < 4.78 is 42.6. The summed E-state index contributed by atoms with van der Waals surface area (Å²) in [6, 6.07) is 4.85. The zero-order chi connectivity index (χ0) is 24.7. The van der Waals surface area contributed by atoms with Gasteiger partial charge in [-0.3, -0.25) is 14.4 Å². The molecule has 2 aliphatic heterocycles. The number of halogens is 3. The maximum Gasteiger partial charge on any atom is 0.417 e. The molecular weight excluding hydrogens is 445 g/mol. The Balaban J connectivity index is 1.57. The molecule has 1 amide bonds. The lowest BCUT2D eigenvalue weighted by molar-refractivity contribution is -0.137. The first kappa shape index (κ1) is 24.1. The Labute approximate surface area is 197 Å². The molecule has 0 saturated carbocycles. The molecule has 2 saturated heterocycles. The topological polar surface area (TPSA) is 68.4 Å². The standard InChI is InChI=1S/C24H29F3N6O/c1-30(2)22(34)21-11-23(6-8-32(9-7-23)15-17-13-29-31(3)14-17)16-33(21)19-5-4-18(12-28)20(10-19)24(25,26)27/h4-5,10,13-14,21H,6-9,11,15-16H2,1-3H3. The van der Waals surface area contributed by atoms with Gasteiger partial charge >= 0.3 is 6.18 Å². The van der Waals surface area contributed by atoms with Gasteiger partial charge < -0.3 is 9.80 Å². The van der Waals surface area contributed by atoms with Crippen LogP contribution < -0.4 is 4.90 Å². The van der Waals surface area contributed by atoms with E-state index in [0.29, 0.717) is 18.7 Å². The van der Waals surface area contributed by atoms with Crippen molar-refractivity contribution < 1.29 is 18.0 Å². The Bertz CT molecular complexity index is 1090. The molecule has 1 aromatic carbocycles. The van der Waals surface area contributed by atoms with Gasteiger partial charge in [0, 0.05) is 51.7 Å². The van der Waals surface area contributed by atoms with Gasteiger partial charge in [0.05, 0.1) is 23.4 Å². The zero-order valence-electron chi connectivity index (χ0n) is 19.6. The Morgan fingerprint density at radius 3 is 2.56 bits per heavy atom. The summed E-state index contributed by atoms with van der Waals surface area (Å²) in [4.78, 5) is 18.7. The fraction of sp³-hybridized carbons (Fsp3) is 0.542. The number of anilines is 1. The number of carbonyl (C=O) groups excluding carboxylic acids is 1. The largest absolute Gasteiger partial charge is 0.417 e. The van der Waals surface area contributed by atoms with Gasteiger partial charge in [0.2, 0.25) is 5.91 Å². The number of piperidine rings is 1. The van der Waals surface area contributed by atoms with Crippen LogP contribution in [0.2, 0.25) is 0 Å². The smallest absolute Gasteiger partial charge is 0.359 e. The van der Waals surface area contributed by atoms with E-state index in [1.807, 2.05) is 24.3 Å². The number of hydrogen-bond donors (Lipinski definition) is 0. The van der Waals surface area contributed by atoms with Crippen LogP contribution in [0.15, 0.2) is 30.6 Å². The van der Waals surface area contributed by atoms with Crippen LogP contribution in [-0.4, -0.2) is 65.3 Å². The number of hydrogen-bond acceptors (Lipinski definition) is 5. The van der Waals surface area contributed by atoms with Crippen LogP contribution in [-0.2, 0) is 24.6 Å². The number of likely N-dealkylation sites (tertiary alicyclic amines) is 1. The van der Waals surface area contributed by atoms with Crippen molar-refractivity contribution in [2.45, 2.75) is 38.0 Å². The quantitative estimate of drug-likeness (QED) is 0.681. The molecule has 1 aromatic heterocycles. The van der Waals surface area contributed by atoms with Crippen LogP contribution in [0.3, 0.4) is 0 Å². The molecular formula is C24H29F3N6O. The van der Waals surface area contributed by atoms with Crippen molar-refractivity contribution in [2.24, 2.45) is 12.5 Å². The molecule has 1 atom stereocenters. The SMILES string of the molecule is CN(C)C(=O)C1CC2(CCN(Cc3cnn(C)c3)CC2)CN1c1ccc(C#N)c(C(F)(F)F)c1. The predicted octanol–water partition coefficient (Wildman–Crippen LogP) is 3.26. The highest BCUT2D eigenvalue weighted by Crippen LogP contribution is 2.46. The van der Waals surface area contributed by atoms with E-state index in [1.165, 1.54) is 17.0 Å². The normalized spacial score (nSPS) is 20.5. The van der Waals surface area contributed by atoms with Crippen molar-refractivity contribution in [1.82, 2.24) is 19.6 Å². The molecule has 0 bridgehead atoms. The fourth-order valence-corrected chi connectivity index (χ4v) is 5.25. The molecule has 2 aliphatic rings. The molecule has 7 nitrogen and oxygen atoms in total. The molecule has 1 spiro atoms. The zero-order valence-corrected chi connectivity index (χ0v) is 19.6. The molecule has 3 heterocycles. The van der Waals surface area contributed by atoms with Crippen molar-refractivity contribution in [3.8, 4) is 6.07 Å². The fourth-order valence-electron chi connectivity index (χ4n) is 5.25. The first-order chi connectivity index (χ1) is 16.0. The first-order valence-corrected chi connectivity index (χ1v) is 11.3. The molecule has 1 unspecified atom stereocenters. The van der Waals surface area contributed by atoms with E-state index in [1.54, 1.807) is 24.8 Å². The summed E-state index contributed by atoms with van der Waals surface area (Å²) in [5, 5.41) is 13.4. The van der Waals surface area contributed by atoms with Crippen molar-refractivity contribution in [1.29, 1.82) is 5.26 Å². The Morgan fingerprint density at radius 2 is 2.00 bits per heavy atom. The first-order valence-electron chi connectivity index (χ1n) is 11.3. The summed E-state index contributed by atoms with van der Waals surface area (Å²) in [6.45, 7) is 3.03. The number of aryl methyl sites for hydroxylation is 1. The summed E-state index contributed by atoms with van der Waals surface area (Å²) >= 11 is 0. The lowest BCUT2D eigenvalue weighted by atomic mass is 9.76. The molecule has 2 fully saturated rings. The predicted molar refractivity (Wildman–Crippen MR) is 121 cm³/mol. The minimum absolute atomic E-state index is 0.118. The monoisotopic (exact) mass is 474 g/mol. The van der Waals surface area contributed by atoms with E-state index in [2.05, 4.69) is 10.00 Å². The van der Waals surface area contributed by atoms with Crippen LogP contribution in [0.5, 0.6) is 0 Å². The van der Waals surface area contributed by atoms with Gasteiger partial charge in [-0.2, -0.15) is 23.5 Å². The van der Waals surface area contributed by atoms with E-state index in [-0.39, 0.29) is 11.3 Å². The highest BCUT2D eigenvalue weighted by Gasteiger charge is 2.49. The van der Waals surface area contributed by atoms with E-state index >= 15 is 0 Å².